The molecule has 1 unspecified atom stereocenters. The van der Waals surface area contributed by atoms with Crippen molar-refractivity contribution in [1.82, 2.24) is 10.3 Å². The van der Waals surface area contributed by atoms with E-state index in [-0.39, 0.29) is 18.9 Å². The zero-order chi connectivity index (χ0) is 14.3. The molecule has 1 atom stereocenters. The number of nitrogens with zero attached hydrogens (tertiary/aromatic N) is 3. The van der Waals surface area contributed by atoms with Crippen molar-refractivity contribution < 1.29 is 21.7 Å². The lowest BCUT2D eigenvalue weighted by Crippen LogP contribution is -2.25. The molecule has 2 heterocycles. The summed E-state index contributed by atoms with van der Waals surface area (Å²) in [6.45, 7) is 0.133. The molecule has 9 heteroatoms. The number of halogens is 1. The number of carbonyl (C=O) groups excluding carboxylic acids is 1. The summed E-state index contributed by atoms with van der Waals surface area (Å²) in [4.78, 5) is 13.4. The molecule has 3 rings (SSSR count). The molecule has 1 amide bonds. The molecule has 1 aliphatic rings. The quantitative estimate of drug-likeness (QED) is 0.781. The van der Waals surface area contributed by atoms with Crippen LogP contribution in [0.25, 0.3) is 11.0 Å². The lowest BCUT2D eigenvalue weighted by atomic mass is 10.1. The first-order valence-electron chi connectivity index (χ1n) is 5.88. The molecule has 1 aliphatic heterocycles. The second kappa shape index (κ2) is 4.51. The molecule has 0 bridgehead atoms. The summed E-state index contributed by atoms with van der Waals surface area (Å²) in [6, 6.07) is 5.03. The number of rotatable bonds is 3. The second-order valence-corrected chi connectivity index (χ2v) is 6.10. The molecule has 1 fully saturated rings. The monoisotopic (exact) mass is 299 g/mol. The van der Waals surface area contributed by atoms with Gasteiger partial charge in [-0.05, 0) is 22.4 Å². The van der Waals surface area contributed by atoms with Crippen LogP contribution in [0.1, 0.15) is 6.42 Å². The van der Waals surface area contributed by atoms with Crippen LogP contribution in [0.5, 0.6) is 0 Å². The van der Waals surface area contributed by atoms with Crippen molar-refractivity contribution in [1.29, 1.82) is 0 Å². The summed E-state index contributed by atoms with van der Waals surface area (Å²) in [5.41, 5.74) is 1.41. The van der Waals surface area contributed by atoms with Crippen LogP contribution in [0.15, 0.2) is 22.8 Å². The molecule has 7 nitrogen and oxygen atoms in total. The van der Waals surface area contributed by atoms with E-state index in [0.29, 0.717) is 16.7 Å². The van der Waals surface area contributed by atoms with Gasteiger partial charge in [0.05, 0.1) is 11.4 Å². The van der Waals surface area contributed by atoms with Crippen molar-refractivity contribution in [2.45, 2.75) is 6.42 Å². The van der Waals surface area contributed by atoms with E-state index in [2.05, 4.69) is 14.9 Å². The molecule has 1 aromatic heterocycles. The summed E-state index contributed by atoms with van der Waals surface area (Å²) < 4.78 is 38.7. The Morgan fingerprint density at radius 1 is 1.40 bits per heavy atom. The molecule has 2 aromatic rings. The molecule has 0 aliphatic carbocycles. The van der Waals surface area contributed by atoms with E-state index in [4.69, 9.17) is 0 Å². The van der Waals surface area contributed by atoms with Crippen LogP contribution in [0.2, 0.25) is 0 Å². The lowest BCUT2D eigenvalue weighted by molar-refractivity contribution is -0.117. The van der Waals surface area contributed by atoms with E-state index < -0.39 is 21.9 Å². The number of hydrogen-bond acceptors (Lipinski definition) is 6. The van der Waals surface area contributed by atoms with Crippen molar-refractivity contribution in [3.63, 3.8) is 0 Å². The Kier molecular flexibility index (Phi) is 2.93. The fourth-order valence-corrected chi connectivity index (χ4v) is 3.20. The third kappa shape index (κ3) is 2.36. The highest BCUT2D eigenvalue weighted by molar-refractivity contribution is 7.86. The molecule has 0 radical (unpaired) electrons. The summed E-state index contributed by atoms with van der Waals surface area (Å²) >= 11 is 0. The molecular formula is C11H10FN3O4S. The van der Waals surface area contributed by atoms with E-state index in [1.54, 1.807) is 18.2 Å². The summed E-state index contributed by atoms with van der Waals surface area (Å²) in [5.74, 6) is -1.48. The van der Waals surface area contributed by atoms with Gasteiger partial charge in [-0.3, -0.25) is 4.79 Å². The number of hydrogen-bond donors (Lipinski definition) is 0. The van der Waals surface area contributed by atoms with Crippen molar-refractivity contribution in [2.24, 2.45) is 5.92 Å². The molecule has 1 aromatic carbocycles. The first-order valence-corrected chi connectivity index (χ1v) is 7.43. The zero-order valence-electron chi connectivity index (χ0n) is 10.2. The molecule has 0 spiro atoms. The van der Waals surface area contributed by atoms with Gasteiger partial charge in [-0.1, -0.05) is 6.07 Å². The maximum absolute atomic E-state index is 12.7. The summed E-state index contributed by atoms with van der Waals surface area (Å²) in [7, 11) is -4.59. The molecule has 0 saturated carbocycles. The Labute approximate surface area is 113 Å². The predicted molar refractivity (Wildman–Crippen MR) is 67.2 cm³/mol. The van der Waals surface area contributed by atoms with Gasteiger partial charge < -0.3 is 4.90 Å². The first kappa shape index (κ1) is 13.0. The highest BCUT2D eigenvalue weighted by Gasteiger charge is 2.34. The van der Waals surface area contributed by atoms with Gasteiger partial charge in [0.1, 0.15) is 5.52 Å². The van der Waals surface area contributed by atoms with Gasteiger partial charge >= 0.3 is 10.2 Å². The van der Waals surface area contributed by atoms with Crippen molar-refractivity contribution in [3.8, 4) is 0 Å². The predicted octanol–water partition coefficient (Wildman–Crippen LogP) is 0.875. The SMILES string of the molecule is O=C1CC(CS(=O)(=O)F)CN1c1cccc2nonc12. The van der Waals surface area contributed by atoms with E-state index in [0.717, 1.165) is 0 Å². The summed E-state index contributed by atoms with van der Waals surface area (Å²) in [6.07, 6.45) is -0.00911. The van der Waals surface area contributed by atoms with Crippen LogP contribution in [0.3, 0.4) is 0 Å². The Hall–Kier alpha value is -2.03. The molecule has 0 N–H and O–H groups in total. The minimum Gasteiger partial charge on any atom is -0.310 e. The van der Waals surface area contributed by atoms with Gasteiger partial charge in [0, 0.05) is 18.9 Å². The van der Waals surface area contributed by atoms with Crippen LogP contribution in [-0.4, -0.2) is 36.9 Å². The number of fused-ring (bicyclic) bond motifs is 1. The van der Waals surface area contributed by atoms with Gasteiger partial charge in [0.15, 0.2) is 5.52 Å². The first-order chi connectivity index (χ1) is 9.44. The standard InChI is InChI=1S/C11H10FN3O4S/c12-20(17,18)6-7-4-10(16)15(5-7)9-3-1-2-8-11(9)14-19-13-8/h1-3,7H,4-6H2. The smallest absolute Gasteiger partial charge is 0.302 e. The third-order valence-electron chi connectivity index (χ3n) is 3.20. The van der Waals surface area contributed by atoms with Crippen LogP contribution in [0, 0.1) is 5.92 Å². The van der Waals surface area contributed by atoms with Crippen LogP contribution in [0.4, 0.5) is 9.57 Å². The second-order valence-electron chi connectivity index (χ2n) is 4.69. The van der Waals surface area contributed by atoms with E-state index in [1.807, 2.05) is 0 Å². The maximum Gasteiger partial charge on any atom is 0.302 e. The van der Waals surface area contributed by atoms with Crippen LogP contribution in [-0.2, 0) is 15.0 Å². The fraction of sp³-hybridized carbons (Fsp3) is 0.364. The van der Waals surface area contributed by atoms with Crippen molar-refractivity contribution >= 4 is 32.9 Å². The fourth-order valence-electron chi connectivity index (χ4n) is 2.42. The number of anilines is 1. The van der Waals surface area contributed by atoms with Crippen LogP contribution >= 0.6 is 0 Å². The Morgan fingerprint density at radius 2 is 2.20 bits per heavy atom. The van der Waals surface area contributed by atoms with E-state index >= 15 is 0 Å². The number of amides is 1. The van der Waals surface area contributed by atoms with Gasteiger partial charge in [-0.15, -0.1) is 3.89 Å². The molecule has 1 saturated heterocycles. The Balaban J connectivity index is 1.91. The van der Waals surface area contributed by atoms with Gasteiger partial charge in [-0.2, -0.15) is 8.42 Å². The zero-order valence-corrected chi connectivity index (χ0v) is 11.0. The highest BCUT2D eigenvalue weighted by Crippen LogP contribution is 2.30. The summed E-state index contributed by atoms with van der Waals surface area (Å²) in [5, 5.41) is 7.40. The topological polar surface area (TPSA) is 93.4 Å². The van der Waals surface area contributed by atoms with E-state index in [1.165, 1.54) is 4.90 Å². The van der Waals surface area contributed by atoms with E-state index in [9.17, 15) is 17.1 Å². The maximum atomic E-state index is 12.7. The van der Waals surface area contributed by atoms with Crippen molar-refractivity contribution in [2.75, 3.05) is 17.2 Å². The third-order valence-corrected chi connectivity index (χ3v) is 4.06. The Bertz CT molecular complexity index is 773. The molecule has 106 valence electrons. The van der Waals surface area contributed by atoms with Gasteiger partial charge in [0.2, 0.25) is 5.91 Å². The minimum atomic E-state index is -4.59. The highest BCUT2D eigenvalue weighted by atomic mass is 32.3. The average molecular weight is 299 g/mol. The lowest BCUT2D eigenvalue weighted by Gasteiger charge is -2.16. The normalized spacial score (nSPS) is 19.9. The van der Waals surface area contributed by atoms with Gasteiger partial charge in [0.25, 0.3) is 0 Å². The van der Waals surface area contributed by atoms with Crippen molar-refractivity contribution in [3.05, 3.63) is 18.2 Å². The number of carbonyl (C=O) groups is 1. The average Bonchev–Trinajstić information content (AvgIpc) is 2.93. The Morgan fingerprint density at radius 3 is 2.95 bits per heavy atom. The molecule has 20 heavy (non-hydrogen) atoms. The van der Waals surface area contributed by atoms with Crippen LogP contribution < -0.4 is 4.90 Å². The minimum absolute atomic E-state index is 0.00911. The molecular weight excluding hydrogens is 289 g/mol. The van der Waals surface area contributed by atoms with Gasteiger partial charge in [-0.25, -0.2) is 4.63 Å². The largest absolute Gasteiger partial charge is 0.310 e. The number of aromatic nitrogens is 2. The number of benzene rings is 1.